The van der Waals surface area contributed by atoms with Gasteiger partial charge in [-0.05, 0) is 12.5 Å². The van der Waals surface area contributed by atoms with Gasteiger partial charge in [0, 0.05) is 12.0 Å². The maximum absolute atomic E-state index is 9.57. The summed E-state index contributed by atoms with van der Waals surface area (Å²) >= 11 is 5.83. The van der Waals surface area contributed by atoms with E-state index in [0.717, 1.165) is 11.1 Å². The lowest BCUT2D eigenvalue weighted by Crippen LogP contribution is -1.90. The summed E-state index contributed by atoms with van der Waals surface area (Å²) in [5, 5.41) is 9.96. The number of nitrogens with zero attached hydrogens (tertiary/aromatic N) is 1. The number of phenols is 1. The third kappa shape index (κ3) is 2.13. The standard InChI is InChI=1S/C10H10ClNO/c1-7-3-4-8(5-6-12-2)10(13)9(7)11/h3-4,13H,5-6H2,1H3. The first-order valence-corrected chi connectivity index (χ1v) is 4.34. The molecular weight excluding hydrogens is 186 g/mol. The number of rotatable bonds is 2. The summed E-state index contributed by atoms with van der Waals surface area (Å²) in [6.45, 7) is 8.84. The van der Waals surface area contributed by atoms with Crippen molar-refractivity contribution in [3.63, 3.8) is 0 Å². The van der Waals surface area contributed by atoms with Gasteiger partial charge in [-0.2, -0.15) is 0 Å². The molecule has 1 rings (SSSR count). The van der Waals surface area contributed by atoms with E-state index in [1.807, 2.05) is 19.1 Å². The molecule has 0 aromatic heterocycles. The highest BCUT2D eigenvalue weighted by molar-refractivity contribution is 6.32. The number of phenolic OH excluding ortho intramolecular Hbond substituents is 1. The van der Waals surface area contributed by atoms with E-state index in [4.69, 9.17) is 18.2 Å². The van der Waals surface area contributed by atoms with Crippen LogP contribution in [-0.4, -0.2) is 11.7 Å². The van der Waals surface area contributed by atoms with Crippen LogP contribution in [0.15, 0.2) is 12.1 Å². The third-order valence-electron chi connectivity index (χ3n) is 1.89. The zero-order chi connectivity index (χ0) is 9.84. The van der Waals surface area contributed by atoms with Crippen LogP contribution in [0.5, 0.6) is 5.75 Å². The zero-order valence-electron chi connectivity index (χ0n) is 7.34. The molecule has 0 atom stereocenters. The fraction of sp³-hybridized carbons (Fsp3) is 0.300. The van der Waals surface area contributed by atoms with Gasteiger partial charge in [-0.3, -0.25) is 0 Å². The average Bonchev–Trinajstić information content (AvgIpc) is 2.13. The normalized spacial score (nSPS) is 9.62. The fourth-order valence-electron chi connectivity index (χ4n) is 1.08. The summed E-state index contributed by atoms with van der Waals surface area (Å²) in [6, 6.07) is 3.66. The Kier molecular flexibility index (Phi) is 3.16. The van der Waals surface area contributed by atoms with Crippen molar-refractivity contribution in [2.45, 2.75) is 13.3 Å². The Morgan fingerprint density at radius 3 is 2.85 bits per heavy atom. The minimum atomic E-state index is 0.116. The predicted molar refractivity (Wildman–Crippen MR) is 53.0 cm³/mol. The van der Waals surface area contributed by atoms with Gasteiger partial charge in [-0.15, -0.1) is 0 Å². The number of hydrogen-bond acceptors (Lipinski definition) is 1. The molecule has 0 aliphatic carbocycles. The number of benzene rings is 1. The maximum atomic E-state index is 9.57. The molecule has 0 saturated heterocycles. The molecule has 13 heavy (non-hydrogen) atoms. The van der Waals surface area contributed by atoms with Crippen LogP contribution in [0, 0.1) is 13.5 Å². The molecule has 0 aliphatic heterocycles. The van der Waals surface area contributed by atoms with Gasteiger partial charge in [0.2, 0.25) is 6.54 Å². The molecule has 1 aromatic rings. The molecule has 0 heterocycles. The quantitative estimate of drug-likeness (QED) is 0.722. The molecule has 0 aliphatic rings. The van der Waals surface area contributed by atoms with E-state index in [-0.39, 0.29) is 5.75 Å². The first kappa shape index (κ1) is 9.88. The topological polar surface area (TPSA) is 24.6 Å². The lowest BCUT2D eigenvalue weighted by atomic mass is 10.1. The molecule has 0 fully saturated rings. The lowest BCUT2D eigenvalue weighted by Gasteiger charge is -2.05. The van der Waals surface area contributed by atoms with E-state index in [0.29, 0.717) is 18.0 Å². The Morgan fingerprint density at radius 1 is 1.54 bits per heavy atom. The van der Waals surface area contributed by atoms with Gasteiger partial charge in [0.1, 0.15) is 5.75 Å². The van der Waals surface area contributed by atoms with E-state index in [1.54, 1.807) is 0 Å². The van der Waals surface area contributed by atoms with E-state index in [9.17, 15) is 5.11 Å². The molecule has 0 amide bonds. The number of halogens is 1. The van der Waals surface area contributed by atoms with Crippen LogP contribution in [-0.2, 0) is 6.42 Å². The van der Waals surface area contributed by atoms with Gasteiger partial charge in [0.05, 0.1) is 5.02 Å². The first-order chi connectivity index (χ1) is 6.16. The van der Waals surface area contributed by atoms with Crippen LogP contribution in [0.2, 0.25) is 5.02 Å². The zero-order valence-corrected chi connectivity index (χ0v) is 8.10. The molecule has 1 aromatic carbocycles. The second kappa shape index (κ2) is 4.15. The summed E-state index contributed by atoms with van der Waals surface area (Å²) in [4.78, 5) is 3.22. The molecule has 0 unspecified atom stereocenters. The highest BCUT2D eigenvalue weighted by Gasteiger charge is 2.08. The van der Waals surface area contributed by atoms with Gasteiger partial charge in [0.15, 0.2) is 0 Å². The molecule has 0 saturated carbocycles. The highest BCUT2D eigenvalue weighted by Crippen LogP contribution is 2.30. The van der Waals surface area contributed by atoms with Crippen molar-refractivity contribution in [2.24, 2.45) is 0 Å². The summed E-state index contributed by atoms with van der Waals surface area (Å²) < 4.78 is 0. The first-order valence-electron chi connectivity index (χ1n) is 3.97. The van der Waals surface area contributed by atoms with Crippen molar-refractivity contribution in [3.8, 4) is 5.75 Å². The average molecular weight is 196 g/mol. The van der Waals surface area contributed by atoms with E-state index < -0.39 is 0 Å². The summed E-state index contributed by atoms with van der Waals surface area (Å²) in [5.41, 5.74) is 1.59. The van der Waals surface area contributed by atoms with Crippen molar-refractivity contribution in [1.82, 2.24) is 0 Å². The van der Waals surface area contributed by atoms with Crippen LogP contribution >= 0.6 is 11.6 Å². The van der Waals surface area contributed by atoms with E-state index in [1.165, 1.54) is 0 Å². The Bertz CT molecular complexity index is 355. The fourth-order valence-corrected chi connectivity index (χ4v) is 1.27. The smallest absolute Gasteiger partial charge is 0.218 e. The Balaban J connectivity index is 2.98. The SMILES string of the molecule is [C-]#[N+]CCc1ccc(C)c(Cl)c1O. The molecule has 0 radical (unpaired) electrons. The predicted octanol–water partition coefficient (Wildman–Crippen LogP) is 2.82. The van der Waals surface area contributed by atoms with Crippen LogP contribution in [0.3, 0.4) is 0 Å². The largest absolute Gasteiger partial charge is 0.506 e. The molecule has 2 nitrogen and oxygen atoms in total. The molecule has 68 valence electrons. The minimum absolute atomic E-state index is 0.116. The minimum Gasteiger partial charge on any atom is -0.506 e. The van der Waals surface area contributed by atoms with Crippen molar-refractivity contribution >= 4 is 11.6 Å². The summed E-state index contributed by atoms with van der Waals surface area (Å²) in [6.07, 6.45) is 0.551. The van der Waals surface area contributed by atoms with Gasteiger partial charge >= 0.3 is 0 Å². The number of aryl methyl sites for hydroxylation is 1. The second-order valence-electron chi connectivity index (χ2n) is 2.84. The summed E-state index contributed by atoms with van der Waals surface area (Å²) in [5.74, 6) is 0.116. The third-order valence-corrected chi connectivity index (χ3v) is 2.36. The summed E-state index contributed by atoms with van der Waals surface area (Å²) in [7, 11) is 0. The molecule has 1 N–H and O–H groups in total. The van der Waals surface area contributed by atoms with Gasteiger partial charge in [-0.25, -0.2) is 6.57 Å². The van der Waals surface area contributed by atoms with Crippen molar-refractivity contribution in [2.75, 3.05) is 6.54 Å². The van der Waals surface area contributed by atoms with Crippen molar-refractivity contribution in [1.29, 1.82) is 0 Å². The van der Waals surface area contributed by atoms with Crippen molar-refractivity contribution < 1.29 is 5.11 Å². The Morgan fingerprint density at radius 2 is 2.23 bits per heavy atom. The van der Waals surface area contributed by atoms with Gasteiger partial charge in [-0.1, -0.05) is 23.7 Å². The molecular formula is C10H10ClNO. The van der Waals surface area contributed by atoms with Crippen LogP contribution in [0.25, 0.3) is 4.85 Å². The van der Waals surface area contributed by atoms with Crippen LogP contribution in [0.4, 0.5) is 0 Å². The van der Waals surface area contributed by atoms with Gasteiger partial charge in [0.25, 0.3) is 0 Å². The molecule has 3 heteroatoms. The Labute approximate surface area is 82.6 Å². The Hall–Kier alpha value is -1.20. The molecule has 0 spiro atoms. The maximum Gasteiger partial charge on any atom is 0.218 e. The van der Waals surface area contributed by atoms with E-state index >= 15 is 0 Å². The lowest BCUT2D eigenvalue weighted by molar-refractivity contribution is 0.468. The number of hydrogen-bond donors (Lipinski definition) is 1. The second-order valence-corrected chi connectivity index (χ2v) is 3.21. The monoisotopic (exact) mass is 195 g/mol. The highest BCUT2D eigenvalue weighted by atomic mass is 35.5. The van der Waals surface area contributed by atoms with Crippen LogP contribution < -0.4 is 0 Å². The number of aromatic hydroxyl groups is 1. The van der Waals surface area contributed by atoms with E-state index in [2.05, 4.69) is 4.85 Å². The van der Waals surface area contributed by atoms with Crippen molar-refractivity contribution in [3.05, 3.63) is 39.7 Å². The van der Waals surface area contributed by atoms with Crippen LogP contribution in [0.1, 0.15) is 11.1 Å². The van der Waals surface area contributed by atoms with Gasteiger partial charge < -0.3 is 9.95 Å². The molecule has 0 bridgehead atoms.